The lowest BCUT2D eigenvalue weighted by Gasteiger charge is -2.19. The Labute approximate surface area is 220 Å². The number of carbonyl (C=O) groups is 2. The van der Waals surface area contributed by atoms with Gasteiger partial charge in [-0.05, 0) is 74.3 Å². The molecule has 3 aromatic rings. The molecule has 0 aromatic heterocycles. The van der Waals surface area contributed by atoms with Gasteiger partial charge in [0.15, 0.2) is 11.5 Å². The maximum atomic E-state index is 13.9. The highest BCUT2D eigenvalue weighted by Gasteiger charge is 2.36. The highest BCUT2D eigenvalue weighted by atomic mass is 19.1. The van der Waals surface area contributed by atoms with Crippen LogP contribution in [0.15, 0.2) is 78.2 Å². The molecule has 5 rings (SSSR count). The second-order valence-corrected chi connectivity index (χ2v) is 9.34. The van der Waals surface area contributed by atoms with Crippen molar-refractivity contribution in [2.24, 2.45) is 4.99 Å². The quantitative estimate of drug-likeness (QED) is 0.457. The van der Waals surface area contributed by atoms with Crippen molar-refractivity contribution in [1.29, 1.82) is 0 Å². The third-order valence-electron chi connectivity index (χ3n) is 6.44. The maximum Gasteiger partial charge on any atom is 0.238 e. The van der Waals surface area contributed by atoms with E-state index in [1.54, 1.807) is 48.3 Å². The van der Waals surface area contributed by atoms with E-state index in [4.69, 9.17) is 14.5 Å². The van der Waals surface area contributed by atoms with Gasteiger partial charge in [-0.2, -0.15) is 0 Å². The lowest BCUT2D eigenvalue weighted by atomic mass is 9.90. The average Bonchev–Trinajstić information content (AvgIpc) is 3.24. The smallest absolute Gasteiger partial charge is 0.238 e. The van der Waals surface area contributed by atoms with E-state index < -0.39 is 11.7 Å². The van der Waals surface area contributed by atoms with Crippen LogP contribution in [0.5, 0.6) is 11.5 Å². The molecule has 2 aliphatic rings. The summed E-state index contributed by atoms with van der Waals surface area (Å²) < 4.78 is 24.9. The van der Waals surface area contributed by atoms with Gasteiger partial charge >= 0.3 is 0 Å². The number of hydrogen-bond acceptors (Lipinski definition) is 6. The van der Waals surface area contributed by atoms with E-state index in [9.17, 15) is 14.0 Å². The molecular weight excluding hydrogens is 487 g/mol. The van der Waals surface area contributed by atoms with Crippen LogP contribution in [0, 0.1) is 5.82 Å². The molecule has 0 saturated carbocycles. The Bertz CT molecular complexity index is 1450. The van der Waals surface area contributed by atoms with Crippen LogP contribution < -0.4 is 19.7 Å². The van der Waals surface area contributed by atoms with Crippen molar-refractivity contribution in [3.05, 3.63) is 90.1 Å². The Hall–Kier alpha value is -4.50. The molecule has 8 nitrogen and oxygen atoms in total. The Morgan fingerprint density at radius 3 is 2.45 bits per heavy atom. The number of halogens is 1. The number of ether oxygens (including phenoxy) is 2. The minimum absolute atomic E-state index is 0.00688. The first-order valence-corrected chi connectivity index (χ1v) is 12.1. The van der Waals surface area contributed by atoms with E-state index in [-0.39, 0.29) is 11.8 Å². The summed E-state index contributed by atoms with van der Waals surface area (Å²) in [7, 11) is 5.59. The second-order valence-electron chi connectivity index (χ2n) is 9.34. The summed E-state index contributed by atoms with van der Waals surface area (Å²) in [5.74, 6) is -0.467. The summed E-state index contributed by atoms with van der Waals surface area (Å²) in [4.78, 5) is 34.1. The molecule has 38 heavy (non-hydrogen) atoms. The van der Waals surface area contributed by atoms with E-state index >= 15 is 0 Å². The number of anilines is 2. The van der Waals surface area contributed by atoms with Crippen molar-refractivity contribution in [1.82, 2.24) is 4.90 Å². The normalized spacial score (nSPS) is 15.9. The number of nitrogens with zero attached hydrogens (tertiary/aromatic N) is 3. The monoisotopic (exact) mass is 514 g/mol. The van der Waals surface area contributed by atoms with Crippen LogP contribution in [0.25, 0.3) is 0 Å². The van der Waals surface area contributed by atoms with Crippen LogP contribution in [0.1, 0.15) is 23.5 Å². The summed E-state index contributed by atoms with van der Waals surface area (Å²) in [5.41, 5.74) is 3.50. The fraction of sp³-hybridized carbons (Fsp3) is 0.207. The van der Waals surface area contributed by atoms with Crippen molar-refractivity contribution in [2.75, 3.05) is 37.9 Å². The minimum atomic E-state index is -0.765. The number of carbonyl (C=O) groups excluding carboxylic acids is 2. The van der Waals surface area contributed by atoms with E-state index in [1.807, 2.05) is 31.1 Å². The van der Waals surface area contributed by atoms with Gasteiger partial charge in [-0.1, -0.05) is 6.07 Å². The van der Waals surface area contributed by atoms with Crippen molar-refractivity contribution in [3.8, 4) is 11.5 Å². The van der Waals surface area contributed by atoms with Crippen LogP contribution in [0.3, 0.4) is 0 Å². The first-order chi connectivity index (χ1) is 18.3. The number of rotatable bonds is 7. The second kappa shape index (κ2) is 10.5. The van der Waals surface area contributed by atoms with Gasteiger partial charge in [0.1, 0.15) is 24.3 Å². The molecule has 0 radical (unpaired) electrons. The van der Waals surface area contributed by atoms with E-state index in [1.165, 1.54) is 24.7 Å². The number of fused-ring (bicyclic) bond motifs is 2. The fourth-order valence-corrected chi connectivity index (χ4v) is 4.38. The first kappa shape index (κ1) is 25.2. The predicted molar refractivity (Wildman–Crippen MR) is 144 cm³/mol. The zero-order valence-electron chi connectivity index (χ0n) is 21.3. The van der Waals surface area contributed by atoms with Crippen LogP contribution in [0.4, 0.5) is 21.5 Å². The molecule has 3 aromatic carbocycles. The summed E-state index contributed by atoms with van der Waals surface area (Å²) in [6.45, 7) is 0.662. The number of nitrogens with one attached hydrogen (secondary N) is 1. The van der Waals surface area contributed by atoms with Gasteiger partial charge in [0.05, 0.1) is 11.4 Å². The molecule has 2 aliphatic heterocycles. The van der Waals surface area contributed by atoms with E-state index in [0.717, 1.165) is 5.69 Å². The largest absolute Gasteiger partial charge is 0.458 e. The highest BCUT2D eigenvalue weighted by molar-refractivity contribution is 6.24. The molecule has 1 unspecified atom stereocenters. The Morgan fingerprint density at radius 1 is 0.974 bits per heavy atom. The Morgan fingerprint density at radius 2 is 1.71 bits per heavy atom. The summed E-state index contributed by atoms with van der Waals surface area (Å²) in [6, 6.07) is 16.8. The molecule has 1 atom stereocenters. The topological polar surface area (TPSA) is 83.5 Å². The molecule has 194 valence electrons. The molecule has 1 N–H and O–H groups in total. The lowest BCUT2D eigenvalue weighted by Crippen LogP contribution is -2.29. The van der Waals surface area contributed by atoms with Gasteiger partial charge in [-0.15, -0.1) is 0 Å². The zero-order valence-corrected chi connectivity index (χ0v) is 21.3. The van der Waals surface area contributed by atoms with Crippen molar-refractivity contribution in [2.45, 2.75) is 12.3 Å². The van der Waals surface area contributed by atoms with E-state index in [0.29, 0.717) is 52.7 Å². The zero-order chi connectivity index (χ0) is 26.8. The van der Waals surface area contributed by atoms with Gasteiger partial charge in [-0.25, -0.2) is 4.39 Å². The molecule has 0 spiro atoms. The maximum absolute atomic E-state index is 13.9. The van der Waals surface area contributed by atoms with Gasteiger partial charge in [0.25, 0.3) is 0 Å². The summed E-state index contributed by atoms with van der Waals surface area (Å²) in [6.07, 6.45) is 3.28. The molecule has 0 fully saturated rings. The van der Waals surface area contributed by atoms with Gasteiger partial charge in [-0.3, -0.25) is 14.6 Å². The first-order valence-electron chi connectivity index (χ1n) is 12.1. The molecule has 2 heterocycles. The fourth-order valence-electron chi connectivity index (χ4n) is 4.38. The van der Waals surface area contributed by atoms with Gasteiger partial charge in [0, 0.05) is 37.0 Å². The molecule has 9 heteroatoms. The minimum Gasteiger partial charge on any atom is -0.458 e. The molecular formula is C29H27FN4O4. The van der Waals surface area contributed by atoms with Crippen LogP contribution in [-0.4, -0.2) is 50.1 Å². The molecule has 0 saturated heterocycles. The standard InChI is InChI=1S/C29H27FN4O4/c1-33(2)13-12-26(35)34(3)21-8-6-20(7-9-21)31-28(18-4-11-24-25(16-18)38-15-14-37-24)27-22-10-5-19(30)17-23(22)32-29(27)36/h4-11,14-17,27H,12-13H2,1-3H3,(H,32,36). The molecule has 0 aliphatic carbocycles. The van der Waals surface area contributed by atoms with Crippen molar-refractivity contribution in [3.63, 3.8) is 0 Å². The number of amides is 2. The Balaban J connectivity index is 1.51. The Kier molecular flexibility index (Phi) is 6.93. The SMILES string of the molecule is CN(C)CCC(=O)N(C)c1ccc(N=C(c2ccc3c(c2)OC=CO3)C2C(=O)Nc3cc(F)ccc32)cc1. The number of aliphatic imine (C=N–C) groups is 1. The average molecular weight is 515 g/mol. The molecule has 0 bridgehead atoms. The third-order valence-corrected chi connectivity index (χ3v) is 6.44. The highest BCUT2D eigenvalue weighted by Crippen LogP contribution is 2.39. The van der Waals surface area contributed by atoms with Crippen LogP contribution in [-0.2, 0) is 9.59 Å². The van der Waals surface area contributed by atoms with Crippen molar-refractivity contribution < 1.29 is 23.5 Å². The molecule has 2 amide bonds. The van der Waals surface area contributed by atoms with Crippen molar-refractivity contribution >= 4 is 34.6 Å². The number of benzene rings is 3. The summed E-state index contributed by atoms with van der Waals surface area (Å²) in [5, 5.41) is 2.77. The lowest BCUT2D eigenvalue weighted by molar-refractivity contribution is -0.118. The van der Waals surface area contributed by atoms with Gasteiger partial charge in [0.2, 0.25) is 11.8 Å². The van der Waals surface area contributed by atoms with Crippen LogP contribution in [0.2, 0.25) is 0 Å². The third kappa shape index (κ3) is 5.14. The summed E-state index contributed by atoms with van der Waals surface area (Å²) >= 11 is 0. The predicted octanol–water partition coefficient (Wildman–Crippen LogP) is 4.84. The van der Waals surface area contributed by atoms with Crippen LogP contribution >= 0.6 is 0 Å². The van der Waals surface area contributed by atoms with E-state index in [2.05, 4.69) is 5.32 Å². The van der Waals surface area contributed by atoms with Gasteiger partial charge < -0.3 is 24.6 Å². The number of hydrogen-bond donors (Lipinski definition) is 1.